The van der Waals surface area contributed by atoms with Crippen molar-refractivity contribution >= 4 is 55.4 Å². The van der Waals surface area contributed by atoms with Crippen molar-refractivity contribution in [1.29, 1.82) is 0 Å². The summed E-state index contributed by atoms with van der Waals surface area (Å²) < 4.78 is 4.76. The summed E-state index contributed by atoms with van der Waals surface area (Å²) in [5.41, 5.74) is 14.5. The zero-order valence-electron chi connectivity index (χ0n) is 34.4. The van der Waals surface area contributed by atoms with Crippen LogP contribution in [0.4, 0.5) is 0 Å². The van der Waals surface area contributed by atoms with Crippen LogP contribution in [0.2, 0.25) is 0 Å². The minimum Gasteiger partial charge on any atom is -0.309 e. The summed E-state index contributed by atoms with van der Waals surface area (Å²) in [5, 5.41) is 4.83. The van der Waals surface area contributed by atoms with Crippen molar-refractivity contribution in [2.45, 2.75) is 15.2 Å². The predicted molar refractivity (Wildman–Crippen MR) is 261 cm³/mol. The lowest BCUT2D eigenvalue weighted by atomic mass is 9.62. The molecule has 2 aliphatic heterocycles. The molecule has 6 heteroatoms. The van der Waals surface area contributed by atoms with Gasteiger partial charge in [0.1, 0.15) is 0 Å². The Morgan fingerprint density at radius 3 is 1.66 bits per heavy atom. The first-order chi connectivity index (χ1) is 31.7. The van der Waals surface area contributed by atoms with Crippen LogP contribution < -0.4 is 0 Å². The van der Waals surface area contributed by atoms with E-state index in [2.05, 4.69) is 197 Å². The summed E-state index contributed by atoms with van der Waals surface area (Å²) in [6.07, 6.45) is 0. The lowest BCUT2D eigenvalue weighted by Gasteiger charge is -2.45. The van der Waals surface area contributed by atoms with Gasteiger partial charge in [0.05, 0.1) is 33.2 Å². The summed E-state index contributed by atoms with van der Waals surface area (Å²) in [4.78, 5) is 18.2. The molecule has 0 aliphatic carbocycles. The van der Waals surface area contributed by atoms with Gasteiger partial charge in [-0.05, 0) is 69.8 Å². The molecule has 298 valence electrons. The molecule has 1 atom stereocenters. The first kappa shape index (κ1) is 35.5. The molecule has 64 heavy (non-hydrogen) atoms. The summed E-state index contributed by atoms with van der Waals surface area (Å²) in [5.74, 6) is 1.83. The quantitative estimate of drug-likeness (QED) is 0.177. The molecule has 9 aromatic carbocycles. The van der Waals surface area contributed by atoms with E-state index in [9.17, 15) is 0 Å². The van der Waals surface area contributed by atoms with Crippen molar-refractivity contribution in [3.63, 3.8) is 0 Å². The van der Waals surface area contributed by atoms with Crippen LogP contribution in [-0.2, 0) is 5.41 Å². The van der Waals surface area contributed by atoms with E-state index >= 15 is 0 Å². The van der Waals surface area contributed by atoms with Crippen LogP contribution >= 0.6 is 11.8 Å². The summed E-state index contributed by atoms with van der Waals surface area (Å²) in [7, 11) is 0. The number of hydrogen-bond acceptors (Lipinski definition) is 4. The second-order valence-corrected chi connectivity index (χ2v) is 17.8. The largest absolute Gasteiger partial charge is 0.309 e. The highest BCUT2D eigenvalue weighted by atomic mass is 32.2. The van der Waals surface area contributed by atoms with E-state index in [1.54, 1.807) is 0 Å². The molecule has 0 saturated heterocycles. The fraction of sp³-hybridized carbons (Fsp3) is 0.0172. The predicted octanol–water partition coefficient (Wildman–Crippen LogP) is 14.2. The van der Waals surface area contributed by atoms with E-state index in [0.717, 1.165) is 38.5 Å². The second-order valence-electron chi connectivity index (χ2n) is 16.7. The van der Waals surface area contributed by atoms with Crippen LogP contribution in [-0.4, -0.2) is 24.1 Å². The first-order valence-corrected chi connectivity index (χ1v) is 22.5. The maximum Gasteiger partial charge on any atom is 0.238 e. The van der Waals surface area contributed by atoms with Crippen LogP contribution in [0, 0.1) is 0 Å². The monoisotopic (exact) mass is 833 g/mol. The molecule has 0 saturated carbocycles. The van der Waals surface area contributed by atoms with E-state index < -0.39 is 5.41 Å². The van der Waals surface area contributed by atoms with Gasteiger partial charge >= 0.3 is 0 Å². The van der Waals surface area contributed by atoms with Gasteiger partial charge in [0, 0.05) is 42.5 Å². The third-order valence-corrected chi connectivity index (χ3v) is 14.6. The van der Waals surface area contributed by atoms with Gasteiger partial charge in [0.15, 0.2) is 11.6 Å². The highest BCUT2D eigenvalue weighted by Crippen LogP contribution is 2.61. The Morgan fingerprint density at radius 1 is 0.344 bits per heavy atom. The van der Waals surface area contributed by atoms with Gasteiger partial charge in [-0.15, -0.1) is 0 Å². The molecule has 5 heterocycles. The van der Waals surface area contributed by atoms with Crippen LogP contribution in [0.15, 0.2) is 222 Å². The van der Waals surface area contributed by atoms with E-state index in [-0.39, 0.29) is 0 Å². The van der Waals surface area contributed by atoms with Crippen LogP contribution in [0.1, 0.15) is 22.3 Å². The highest BCUT2D eigenvalue weighted by Gasteiger charge is 2.49. The van der Waals surface area contributed by atoms with Crippen molar-refractivity contribution in [3.05, 3.63) is 235 Å². The number of para-hydroxylation sites is 4. The zero-order valence-corrected chi connectivity index (χ0v) is 35.2. The molecule has 0 radical (unpaired) electrons. The number of fused-ring (bicyclic) bond motifs is 14. The van der Waals surface area contributed by atoms with Gasteiger partial charge in [-0.1, -0.05) is 188 Å². The number of benzene rings is 9. The molecular formula is C58H35N5S. The van der Waals surface area contributed by atoms with Crippen LogP contribution in [0.5, 0.6) is 0 Å². The van der Waals surface area contributed by atoms with Crippen molar-refractivity contribution in [2.24, 2.45) is 0 Å². The molecular weight excluding hydrogens is 799 g/mol. The lowest BCUT2D eigenvalue weighted by molar-refractivity contribution is 0.691. The molecule has 0 amide bonds. The summed E-state index contributed by atoms with van der Waals surface area (Å²) in [6.45, 7) is 0. The van der Waals surface area contributed by atoms with Crippen molar-refractivity contribution < 1.29 is 0 Å². The topological polar surface area (TPSA) is 48.5 Å². The fourth-order valence-electron chi connectivity index (χ4n) is 10.8. The minimum atomic E-state index is -0.595. The Labute approximate surface area is 373 Å². The van der Waals surface area contributed by atoms with Gasteiger partial charge in [0.25, 0.3) is 0 Å². The van der Waals surface area contributed by atoms with Gasteiger partial charge in [-0.2, -0.15) is 9.97 Å². The number of hydrogen-bond donors (Lipinski definition) is 0. The average Bonchev–Trinajstić information content (AvgIpc) is 3.88. The maximum absolute atomic E-state index is 5.34. The molecule has 2 aliphatic rings. The van der Waals surface area contributed by atoms with Gasteiger partial charge in [-0.3, -0.25) is 4.57 Å². The van der Waals surface area contributed by atoms with Crippen LogP contribution in [0.25, 0.3) is 89.2 Å². The first-order valence-electron chi connectivity index (χ1n) is 21.7. The number of rotatable bonds is 4. The Balaban J connectivity index is 1.06. The summed E-state index contributed by atoms with van der Waals surface area (Å²) >= 11 is 1.86. The van der Waals surface area contributed by atoms with Crippen molar-refractivity contribution in [2.75, 3.05) is 0 Å². The molecule has 5 nitrogen and oxygen atoms in total. The second kappa shape index (κ2) is 13.5. The molecule has 0 bridgehead atoms. The van der Waals surface area contributed by atoms with Gasteiger partial charge in [-0.25, -0.2) is 4.98 Å². The zero-order chi connectivity index (χ0) is 41.9. The number of nitrogens with zero attached hydrogens (tertiary/aromatic N) is 5. The molecule has 0 N–H and O–H groups in total. The van der Waals surface area contributed by atoms with Gasteiger partial charge < -0.3 is 4.57 Å². The smallest absolute Gasteiger partial charge is 0.238 e. The molecule has 14 rings (SSSR count). The third kappa shape index (κ3) is 4.88. The lowest BCUT2D eigenvalue weighted by Crippen LogP contribution is -2.37. The van der Waals surface area contributed by atoms with Crippen molar-refractivity contribution in [3.8, 4) is 45.5 Å². The number of aromatic nitrogens is 5. The van der Waals surface area contributed by atoms with Crippen molar-refractivity contribution in [1.82, 2.24) is 24.1 Å². The normalized spacial score (nSPS) is 14.9. The Hall–Kier alpha value is -8.06. The van der Waals surface area contributed by atoms with E-state index in [1.165, 1.54) is 65.1 Å². The maximum atomic E-state index is 5.34. The van der Waals surface area contributed by atoms with E-state index in [1.807, 2.05) is 36.0 Å². The molecule has 0 fully saturated rings. The van der Waals surface area contributed by atoms with Crippen LogP contribution in [0.3, 0.4) is 0 Å². The molecule has 3 aromatic heterocycles. The Morgan fingerprint density at radius 2 is 0.891 bits per heavy atom. The minimum absolute atomic E-state index is 0.579. The highest BCUT2D eigenvalue weighted by molar-refractivity contribution is 7.99. The molecule has 12 aromatic rings. The van der Waals surface area contributed by atoms with E-state index in [4.69, 9.17) is 15.0 Å². The standard InChI is InChI=1S/C58H35N5S/c1-3-16-36(17-4-1)37-30-32-39(33-31-37)56-59-55(38-18-5-2-6-19-38)60-57(61-56)63-49-27-12-8-21-41(49)43-34-47-53(35-51(43)63)64-52-29-14-10-24-45(52)58(47)44-23-9-13-28-50(44)62-48-26-11-7-20-40(48)42-22-15-25-46(58)54(42)62/h1-35H. The SMILES string of the molecule is c1ccc(-c2ccc(-c3nc(-c4ccccc4)nc(-n4c5ccccc5c5cc6c(cc54)Sc4ccccc4C64c5ccccc5-n5c6ccccc6c6cccc4c65)n3)cc2)cc1. The van der Waals surface area contributed by atoms with Gasteiger partial charge in [0.2, 0.25) is 5.95 Å². The Bertz CT molecular complexity index is 3870. The Kier molecular flexibility index (Phi) is 7.48. The van der Waals surface area contributed by atoms with E-state index in [0.29, 0.717) is 17.6 Å². The fourth-order valence-corrected chi connectivity index (χ4v) is 12.0. The molecule has 1 unspecified atom stereocenters. The molecule has 1 spiro atoms. The summed E-state index contributed by atoms with van der Waals surface area (Å²) in [6, 6.07) is 76.7. The third-order valence-electron chi connectivity index (χ3n) is 13.4. The average molecular weight is 834 g/mol.